The highest BCUT2D eigenvalue weighted by molar-refractivity contribution is 6.42. The van der Waals surface area contributed by atoms with E-state index in [-0.39, 0.29) is 11.8 Å². The molecule has 1 aromatic carbocycles. The zero-order valence-electron chi connectivity index (χ0n) is 10.5. The molecule has 0 radical (unpaired) electrons. The van der Waals surface area contributed by atoms with Crippen molar-refractivity contribution < 1.29 is 9.59 Å². The number of piperazine rings is 1. The van der Waals surface area contributed by atoms with Crippen LogP contribution in [0.15, 0.2) is 18.2 Å². The first-order valence-corrected chi connectivity index (χ1v) is 6.74. The van der Waals surface area contributed by atoms with Gasteiger partial charge in [-0.15, -0.1) is 0 Å². The normalized spacial score (nSPS) is 15.5. The molecule has 1 heterocycles. The second-order valence-corrected chi connectivity index (χ2v) is 5.24. The van der Waals surface area contributed by atoms with Crippen molar-refractivity contribution in [3.63, 3.8) is 0 Å². The third-order valence-electron chi connectivity index (χ3n) is 3.18. The van der Waals surface area contributed by atoms with E-state index in [0.29, 0.717) is 41.8 Å². The molecule has 1 aliphatic heterocycles. The minimum Gasteiger partial charge on any atom is -0.339 e. The Kier molecular flexibility index (Phi) is 4.32. The van der Waals surface area contributed by atoms with Crippen LogP contribution in [0.3, 0.4) is 0 Å². The molecule has 0 bridgehead atoms. The number of amides is 2. The summed E-state index contributed by atoms with van der Waals surface area (Å²) in [7, 11) is 0. The summed E-state index contributed by atoms with van der Waals surface area (Å²) in [5.41, 5.74) is 0.519. The first kappa shape index (κ1) is 14.2. The summed E-state index contributed by atoms with van der Waals surface area (Å²) < 4.78 is 0. The fraction of sp³-hybridized carbons (Fsp3) is 0.385. The van der Waals surface area contributed by atoms with Gasteiger partial charge in [0.25, 0.3) is 5.91 Å². The number of carbonyl (C=O) groups excluding carboxylic acids is 2. The molecule has 1 aromatic rings. The van der Waals surface area contributed by atoms with Gasteiger partial charge in [-0.25, -0.2) is 0 Å². The van der Waals surface area contributed by atoms with Gasteiger partial charge in [0, 0.05) is 38.7 Å². The lowest BCUT2D eigenvalue weighted by Gasteiger charge is -2.34. The Balaban J connectivity index is 2.05. The second-order valence-electron chi connectivity index (χ2n) is 4.43. The van der Waals surface area contributed by atoms with Crippen LogP contribution in [0, 0.1) is 0 Å². The van der Waals surface area contributed by atoms with Crippen LogP contribution in [0.25, 0.3) is 0 Å². The highest BCUT2D eigenvalue weighted by atomic mass is 35.5. The van der Waals surface area contributed by atoms with Crippen LogP contribution in [-0.2, 0) is 4.79 Å². The number of rotatable bonds is 1. The predicted octanol–water partition coefficient (Wildman–Crippen LogP) is 2.30. The lowest BCUT2D eigenvalue weighted by Crippen LogP contribution is -2.50. The summed E-state index contributed by atoms with van der Waals surface area (Å²) in [5.74, 6) is -0.0385. The topological polar surface area (TPSA) is 40.6 Å². The van der Waals surface area contributed by atoms with Crippen LogP contribution >= 0.6 is 23.2 Å². The van der Waals surface area contributed by atoms with Gasteiger partial charge in [0.2, 0.25) is 5.91 Å². The molecule has 0 saturated carbocycles. The Morgan fingerprint density at radius 3 is 2.11 bits per heavy atom. The summed E-state index contributed by atoms with van der Waals surface area (Å²) in [4.78, 5) is 26.9. The Morgan fingerprint density at radius 1 is 1.00 bits per heavy atom. The Hall–Kier alpha value is -1.26. The number of halogens is 2. The Labute approximate surface area is 121 Å². The molecule has 102 valence electrons. The first-order chi connectivity index (χ1) is 8.99. The van der Waals surface area contributed by atoms with E-state index in [0.717, 1.165) is 0 Å². The van der Waals surface area contributed by atoms with Gasteiger partial charge in [-0.1, -0.05) is 23.2 Å². The van der Waals surface area contributed by atoms with E-state index in [1.54, 1.807) is 28.0 Å². The van der Waals surface area contributed by atoms with Gasteiger partial charge >= 0.3 is 0 Å². The van der Waals surface area contributed by atoms with Gasteiger partial charge < -0.3 is 9.80 Å². The maximum absolute atomic E-state index is 12.3. The fourth-order valence-corrected chi connectivity index (χ4v) is 2.33. The highest BCUT2D eigenvalue weighted by Gasteiger charge is 2.23. The molecule has 0 N–H and O–H groups in total. The monoisotopic (exact) mass is 300 g/mol. The van der Waals surface area contributed by atoms with Crippen LogP contribution < -0.4 is 0 Å². The predicted molar refractivity (Wildman–Crippen MR) is 74.6 cm³/mol. The summed E-state index contributed by atoms with van der Waals surface area (Å²) in [6.45, 7) is 3.76. The van der Waals surface area contributed by atoms with Crippen molar-refractivity contribution in [3.8, 4) is 0 Å². The molecule has 2 rings (SSSR count). The number of hydrogen-bond acceptors (Lipinski definition) is 2. The van der Waals surface area contributed by atoms with Crippen LogP contribution in [0.4, 0.5) is 0 Å². The van der Waals surface area contributed by atoms with E-state index in [1.807, 2.05) is 0 Å². The van der Waals surface area contributed by atoms with Gasteiger partial charge in [-0.2, -0.15) is 0 Å². The van der Waals surface area contributed by atoms with Crippen molar-refractivity contribution in [2.24, 2.45) is 0 Å². The van der Waals surface area contributed by atoms with Gasteiger partial charge in [-0.3, -0.25) is 9.59 Å². The van der Waals surface area contributed by atoms with E-state index in [9.17, 15) is 9.59 Å². The third kappa shape index (κ3) is 3.19. The maximum Gasteiger partial charge on any atom is 0.254 e. The average molecular weight is 301 g/mol. The largest absolute Gasteiger partial charge is 0.339 e. The van der Waals surface area contributed by atoms with Gasteiger partial charge in [-0.05, 0) is 18.2 Å². The molecule has 0 spiro atoms. The molecule has 2 amide bonds. The minimum atomic E-state index is -0.0817. The smallest absolute Gasteiger partial charge is 0.254 e. The van der Waals surface area contributed by atoms with Crippen molar-refractivity contribution in [1.29, 1.82) is 0 Å². The quantitative estimate of drug-likeness (QED) is 0.798. The van der Waals surface area contributed by atoms with Crippen LogP contribution in [0.5, 0.6) is 0 Å². The molecule has 0 atom stereocenters. The maximum atomic E-state index is 12.3. The standard InChI is InChI=1S/C13H14Cl2N2O2/c1-9(18)16-4-6-17(7-5-16)13(19)10-2-3-11(14)12(15)8-10/h2-3,8H,4-7H2,1H3. The van der Waals surface area contributed by atoms with E-state index in [4.69, 9.17) is 23.2 Å². The van der Waals surface area contributed by atoms with Crippen molar-refractivity contribution >= 4 is 35.0 Å². The first-order valence-electron chi connectivity index (χ1n) is 5.99. The van der Waals surface area contributed by atoms with Gasteiger partial charge in [0.1, 0.15) is 0 Å². The van der Waals surface area contributed by atoms with Crippen molar-refractivity contribution in [2.45, 2.75) is 6.92 Å². The number of hydrogen-bond donors (Lipinski definition) is 0. The molecule has 0 unspecified atom stereocenters. The van der Waals surface area contributed by atoms with Crippen molar-refractivity contribution in [2.75, 3.05) is 26.2 Å². The number of benzene rings is 1. The van der Waals surface area contributed by atoms with Crippen LogP contribution in [0.1, 0.15) is 17.3 Å². The summed E-state index contributed by atoms with van der Waals surface area (Å²) in [5, 5.41) is 0.800. The number of nitrogens with zero attached hydrogens (tertiary/aromatic N) is 2. The molecule has 1 aliphatic rings. The SMILES string of the molecule is CC(=O)N1CCN(C(=O)c2ccc(Cl)c(Cl)c2)CC1. The molecule has 1 fully saturated rings. The van der Waals surface area contributed by atoms with E-state index < -0.39 is 0 Å². The molecule has 6 heteroatoms. The van der Waals surface area contributed by atoms with Gasteiger partial charge in [0.05, 0.1) is 10.0 Å². The van der Waals surface area contributed by atoms with Crippen LogP contribution in [0.2, 0.25) is 10.0 Å². The van der Waals surface area contributed by atoms with Gasteiger partial charge in [0.15, 0.2) is 0 Å². The molecule has 19 heavy (non-hydrogen) atoms. The molecule has 1 saturated heterocycles. The minimum absolute atomic E-state index is 0.0432. The molecular weight excluding hydrogens is 287 g/mol. The van der Waals surface area contributed by atoms with E-state index in [2.05, 4.69) is 0 Å². The van der Waals surface area contributed by atoms with Crippen molar-refractivity contribution in [3.05, 3.63) is 33.8 Å². The second kappa shape index (κ2) is 5.80. The lowest BCUT2D eigenvalue weighted by atomic mass is 10.2. The zero-order valence-corrected chi connectivity index (χ0v) is 12.0. The average Bonchev–Trinajstić information content (AvgIpc) is 2.41. The Bertz CT molecular complexity index is 511. The molecule has 4 nitrogen and oxygen atoms in total. The zero-order chi connectivity index (χ0) is 14.0. The third-order valence-corrected chi connectivity index (χ3v) is 3.92. The van der Waals surface area contributed by atoms with Crippen LogP contribution in [-0.4, -0.2) is 47.8 Å². The Morgan fingerprint density at radius 2 is 1.58 bits per heavy atom. The highest BCUT2D eigenvalue weighted by Crippen LogP contribution is 2.23. The summed E-state index contributed by atoms with van der Waals surface area (Å²) >= 11 is 11.7. The van der Waals surface area contributed by atoms with E-state index >= 15 is 0 Å². The summed E-state index contributed by atoms with van der Waals surface area (Å²) in [6, 6.07) is 4.85. The number of carbonyl (C=O) groups is 2. The molecule has 0 aromatic heterocycles. The fourth-order valence-electron chi connectivity index (χ4n) is 2.04. The molecule has 0 aliphatic carbocycles. The lowest BCUT2D eigenvalue weighted by molar-refractivity contribution is -0.130. The van der Waals surface area contributed by atoms with Crippen molar-refractivity contribution in [1.82, 2.24) is 9.80 Å². The summed E-state index contributed by atoms with van der Waals surface area (Å²) in [6.07, 6.45) is 0. The van der Waals surface area contributed by atoms with E-state index in [1.165, 1.54) is 6.92 Å². The molecular formula is C13H14Cl2N2O2.